The van der Waals surface area contributed by atoms with E-state index in [0.29, 0.717) is 11.4 Å². The van der Waals surface area contributed by atoms with Crippen LogP contribution in [0.1, 0.15) is 35.8 Å². The molecule has 0 saturated carbocycles. The lowest BCUT2D eigenvalue weighted by Gasteiger charge is -2.10. The summed E-state index contributed by atoms with van der Waals surface area (Å²) in [6, 6.07) is 3.22. The smallest absolute Gasteiger partial charge is 0.335 e. The summed E-state index contributed by atoms with van der Waals surface area (Å²) in [5.41, 5.74) is 1.10. The molecule has 1 aromatic heterocycles. The van der Waals surface area contributed by atoms with E-state index in [-0.39, 0.29) is 0 Å². The topological polar surface area (TPSA) is 65.5 Å². The van der Waals surface area contributed by atoms with Gasteiger partial charge in [-0.15, -0.1) is 0 Å². The molecule has 5 heteroatoms. The Bertz CT molecular complexity index is 419. The molecule has 0 radical (unpaired) electrons. The van der Waals surface area contributed by atoms with Crippen LogP contribution in [0.15, 0.2) is 12.1 Å². The monoisotopic (exact) mass is 265 g/mol. The summed E-state index contributed by atoms with van der Waals surface area (Å²) in [4.78, 5) is 17.5. The molecule has 1 aromatic rings. The van der Waals surface area contributed by atoms with Crippen molar-refractivity contribution in [1.82, 2.24) is 9.88 Å². The van der Waals surface area contributed by atoms with E-state index in [9.17, 15) is 4.79 Å². The maximum Gasteiger partial charge on any atom is 0.335 e. The van der Waals surface area contributed by atoms with Crippen LogP contribution >= 0.6 is 0 Å². The molecule has 106 valence electrons. The van der Waals surface area contributed by atoms with Gasteiger partial charge in [-0.2, -0.15) is 0 Å². The van der Waals surface area contributed by atoms with Gasteiger partial charge in [-0.1, -0.05) is 6.92 Å². The van der Waals surface area contributed by atoms with Crippen LogP contribution < -0.4 is 5.32 Å². The van der Waals surface area contributed by atoms with Crippen molar-refractivity contribution in [3.8, 4) is 0 Å². The molecule has 0 bridgehead atoms. The standard InChI is InChI=1S/C14H23N3O2/c1-4-12-9-11(14(18)19)10-13(16-12)15-7-5-6-8-17(2)3/h9-10H,4-8H2,1-3H3,(H,15,16)(H,18,19). The van der Waals surface area contributed by atoms with Crippen LogP contribution in [-0.2, 0) is 6.42 Å². The molecule has 5 nitrogen and oxygen atoms in total. The van der Waals surface area contributed by atoms with Crippen molar-refractivity contribution in [2.45, 2.75) is 26.2 Å². The Labute approximate surface area is 114 Å². The van der Waals surface area contributed by atoms with Crippen molar-refractivity contribution in [1.29, 1.82) is 0 Å². The van der Waals surface area contributed by atoms with E-state index in [1.54, 1.807) is 12.1 Å². The Morgan fingerprint density at radius 3 is 2.68 bits per heavy atom. The number of carboxylic acids is 1. The van der Waals surface area contributed by atoms with Gasteiger partial charge in [0, 0.05) is 12.2 Å². The molecule has 0 amide bonds. The molecule has 1 rings (SSSR count). The number of aryl methyl sites for hydroxylation is 1. The maximum atomic E-state index is 11.0. The third-order valence-electron chi connectivity index (χ3n) is 2.83. The summed E-state index contributed by atoms with van der Waals surface area (Å²) in [6.07, 6.45) is 2.88. The first-order valence-electron chi connectivity index (χ1n) is 6.65. The highest BCUT2D eigenvalue weighted by Gasteiger charge is 2.07. The Hall–Kier alpha value is -1.62. The van der Waals surface area contributed by atoms with E-state index in [2.05, 4.69) is 29.3 Å². The van der Waals surface area contributed by atoms with Gasteiger partial charge in [0.25, 0.3) is 0 Å². The van der Waals surface area contributed by atoms with Crippen LogP contribution in [0, 0.1) is 0 Å². The van der Waals surface area contributed by atoms with Gasteiger partial charge in [0.2, 0.25) is 0 Å². The van der Waals surface area contributed by atoms with Gasteiger partial charge >= 0.3 is 5.97 Å². The summed E-state index contributed by atoms with van der Waals surface area (Å²) in [6.45, 7) is 3.84. The third kappa shape index (κ3) is 5.70. The predicted molar refractivity (Wildman–Crippen MR) is 76.9 cm³/mol. The lowest BCUT2D eigenvalue weighted by molar-refractivity contribution is 0.0696. The number of nitrogens with one attached hydrogen (secondary N) is 1. The Balaban J connectivity index is 2.53. The first kappa shape index (κ1) is 15.4. The van der Waals surface area contributed by atoms with Gasteiger partial charge in [0.1, 0.15) is 5.82 Å². The molecule has 0 fully saturated rings. The molecule has 0 atom stereocenters. The van der Waals surface area contributed by atoms with Crippen molar-refractivity contribution < 1.29 is 9.90 Å². The number of anilines is 1. The summed E-state index contributed by atoms with van der Waals surface area (Å²) >= 11 is 0. The number of unbranched alkanes of at least 4 members (excludes halogenated alkanes) is 1. The number of hydrogen-bond donors (Lipinski definition) is 2. The van der Waals surface area contributed by atoms with Gasteiger partial charge in [-0.05, 0) is 52.0 Å². The summed E-state index contributed by atoms with van der Waals surface area (Å²) in [5.74, 6) is -0.255. The zero-order valence-corrected chi connectivity index (χ0v) is 11.9. The second kappa shape index (κ2) is 7.74. The molecule has 0 aromatic carbocycles. The van der Waals surface area contributed by atoms with E-state index in [0.717, 1.165) is 38.0 Å². The number of rotatable bonds is 8. The largest absolute Gasteiger partial charge is 0.478 e. The quantitative estimate of drug-likeness (QED) is 0.705. The molecule has 0 spiro atoms. The normalized spacial score (nSPS) is 10.7. The van der Waals surface area contributed by atoms with Crippen LogP contribution in [-0.4, -0.2) is 48.1 Å². The molecular weight excluding hydrogens is 242 g/mol. The zero-order chi connectivity index (χ0) is 14.3. The number of hydrogen-bond acceptors (Lipinski definition) is 4. The second-order valence-corrected chi connectivity index (χ2v) is 4.83. The van der Waals surface area contributed by atoms with Gasteiger partial charge in [-0.25, -0.2) is 9.78 Å². The van der Waals surface area contributed by atoms with Crippen LogP contribution in [0.25, 0.3) is 0 Å². The minimum Gasteiger partial charge on any atom is -0.478 e. The minimum absolute atomic E-state index is 0.294. The predicted octanol–water partition coefficient (Wildman–Crippen LogP) is 2.10. The van der Waals surface area contributed by atoms with Gasteiger partial charge in [-0.3, -0.25) is 0 Å². The van der Waals surface area contributed by atoms with Gasteiger partial charge < -0.3 is 15.3 Å². The molecule has 2 N–H and O–H groups in total. The first-order chi connectivity index (χ1) is 9.02. The Morgan fingerprint density at radius 1 is 1.37 bits per heavy atom. The molecular formula is C14H23N3O2. The molecule has 1 heterocycles. The molecule has 0 aliphatic heterocycles. The molecule has 0 unspecified atom stereocenters. The average Bonchev–Trinajstić information content (AvgIpc) is 2.37. The highest BCUT2D eigenvalue weighted by atomic mass is 16.4. The molecule has 0 saturated heterocycles. The first-order valence-corrected chi connectivity index (χ1v) is 6.65. The number of nitrogens with zero attached hydrogens (tertiary/aromatic N) is 2. The number of carbonyl (C=O) groups is 1. The molecule has 19 heavy (non-hydrogen) atoms. The Morgan fingerprint density at radius 2 is 2.11 bits per heavy atom. The Kier molecular flexibility index (Phi) is 6.29. The molecule has 0 aliphatic carbocycles. The number of aromatic carboxylic acids is 1. The van der Waals surface area contributed by atoms with Crippen molar-refractivity contribution in [2.24, 2.45) is 0 Å². The maximum absolute atomic E-state index is 11.0. The van der Waals surface area contributed by atoms with Gasteiger partial charge in [0.15, 0.2) is 0 Å². The van der Waals surface area contributed by atoms with Crippen LogP contribution in [0.2, 0.25) is 0 Å². The van der Waals surface area contributed by atoms with E-state index < -0.39 is 5.97 Å². The highest BCUT2D eigenvalue weighted by Crippen LogP contribution is 2.11. The van der Waals surface area contributed by atoms with Crippen LogP contribution in [0.3, 0.4) is 0 Å². The lowest BCUT2D eigenvalue weighted by Crippen LogP contribution is -2.14. The fraction of sp³-hybridized carbons (Fsp3) is 0.571. The van der Waals surface area contributed by atoms with Gasteiger partial charge in [0.05, 0.1) is 5.56 Å². The zero-order valence-electron chi connectivity index (χ0n) is 11.9. The van der Waals surface area contributed by atoms with E-state index in [1.165, 1.54) is 0 Å². The van der Waals surface area contributed by atoms with Crippen molar-refractivity contribution in [2.75, 3.05) is 32.5 Å². The fourth-order valence-corrected chi connectivity index (χ4v) is 1.75. The van der Waals surface area contributed by atoms with Crippen molar-refractivity contribution in [3.05, 3.63) is 23.4 Å². The van der Waals surface area contributed by atoms with Crippen molar-refractivity contribution in [3.63, 3.8) is 0 Å². The van der Waals surface area contributed by atoms with Crippen LogP contribution in [0.4, 0.5) is 5.82 Å². The van der Waals surface area contributed by atoms with Crippen molar-refractivity contribution >= 4 is 11.8 Å². The van der Waals surface area contributed by atoms with E-state index >= 15 is 0 Å². The third-order valence-corrected chi connectivity index (χ3v) is 2.83. The minimum atomic E-state index is -0.909. The van der Waals surface area contributed by atoms with Crippen LogP contribution in [0.5, 0.6) is 0 Å². The van der Waals surface area contributed by atoms with E-state index in [4.69, 9.17) is 5.11 Å². The number of aromatic nitrogens is 1. The lowest BCUT2D eigenvalue weighted by atomic mass is 10.2. The average molecular weight is 265 g/mol. The summed E-state index contributed by atoms with van der Waals surface area (Å²) in [7, 11) is 4.11. The highest BCUT2D eigenvalue weighted by molar-refractivity contribution is 5.88. The summed E-state index contributed by atoms with van der Waals surface area (Å²) < 4.78 is 0. The summed E-state index contributed by atoms with van der Waals surface area (Å²) in [5, 5.41) is 12.2. The SMILES string of the molecule is CCc1cc(C(=O)O)cc(NCCCCN(C)C)n1. The number of carboxylic acid groups (broad SMARTS) is 1. The molecule has 0 aliphatic rings. The second-order valence-electron chi connectivity index (χ2n) is 4.83. The fourth-order valence-electron chi connectivity index (χ4n) is 1.75. The number of pyridine rings is 1. The van der Waals surface area contributed by atoms with E-state index in [1.807, 2.05) is 6.92 Å².